The second-order valence-electron chi connectivity index (χ2n) is 3.97. The van der Waals surface area contributed by atoms with Gasteiger partial charge in [-0.3, -0.25) is 4.79 Å². The molecule has 3 rings (SSSR count). The number of amides is 1. The molecule has 1 aliphatic heterocycles. The Morgan fingerprint density at radius 3 is 2.94 bits per heavy atom. The lowest BCUT2D eigenvalue weighted by Crippen LogP contribution is -2.27. The van der Waals surface area contributed by atoms with Crippen LogP contribution in [0.5, 0.6) is 0 Å². The summed E-state index contributed by atoms with van der Waals surface area (Å²) in [7, 11) is 0. The highest BCUT2D eigenvalue weighted by atomic mass is 16.2. The minimum atomic E-state index is -0.0690. The van der Waals surface area contributed by atoms with Crippen LogP contribution in [0, 0.1) is 0 Å². The smallest absolute Gasteiger partial charge is 0.228 e. The van der Waals surface area contributed by atoms with Crippen LogP contribution >= 0.6 is 0 Å². The first kappa shape index (κ1) is 9.29. The van der Waals surface area contributed by atoms with Crippen molar-refractivity contribution in [2.75, 3.05) is 11.4 Å². The predicted molar refractivity (Wildman–Crippen MR) is 58.8 cm³/mol. The normalized spacial score (nSPS) is 20.9. The zero-order chi connectivity index (χ0) is 11.1. The third-order valence-corrected chi connectivity index (χ3v) is 2.77. The molecule has 1 aromatic carbocycles. The van der Waals surface area contributed by atoms with Gasteiger partial charge in [-0.25, -0.2) is 0 Å². The van der Waals surface area contributed by atoms with Gasteiger partial charge in [-0.1, -0.05) is 0 Å². The Morgan fingerprint density at radius 2 is 2.19 bits per heavy atom. The summed E-state index contributed by atoms with van der Waals surface area (Å²) in [4.78, 5) is 13.4. The van der Waals surface area contributed by atoms with Crippen LogP contribution in [0.3, 0.4) is 0 Å². The summed E-state index contributed by atoms with van der Waals surface area (Å²) < 4.78 is 0. The predicted octanol–water partition coefficient (Wildman–Crippen LogP) is 0.0219. The molecule has 82 valence electrons. The van der Waals surface area contributed by atoms with E-state index in [4.69, 9.17) is 5.73 Å². The number of nitrogens with one attached hydrogen (secondary N) is 1. The molecule has 16 heavy (non-hydrogen) atoms. The molecule has 0 spiro atoms. The Labute approximate surface area is 91.4 Å². The average molecular weight is 217 g/mol. The van der Waals surface area contributed by atoms with E-state index in [1.165, 1.54) is 0 Å². The van der Waals surface area contributed by atoms with E-state index >= 15 is 0 Å². The third kappa shape index (κ3) is 1.35. The number of carbonyl (C=O) groups excluding carboxylic acids is 1. The van der Waals surface area contributed by atoms with Gasteiger partial charge in [0, 0.05) is 24.7 Å². The molecule has 1 fully saturated rings. The molecule has 0 radical (unpaired) electrons. The molecule has 2 heterocycles. The summed E-state index contributed by atoms with van der Waals surface area (Å²) in [6.45, 7) is 0.572. The molecule has 1 saturated heterocycles. The molecular weight excluding hydrogens is 206 g/mol. The van der Waals surface area contributed by atoms with Gasteiger partial charge < -0.3 is 10.6 Å². The van der Waals surface area contributed by atoms with E-state index in [-0.39, 0.29) is 11.9 Å². The molecule has 1 amide bonds. The van der Waals surface area contributed by atoms with Crippen LogP contribution < -0.4 is 10.6 Å². The van der Waals surface area contributed by atoms with Gasteiger partial charge >= 0.3 is 0 Å². The van der Waals surface area contributed by atoms with E-state index in [0.717, 1.165) is 16.7 Å². The highest BCUT2D eigenvalue weighted by Crippen LogP contribution is 2.23. The monoisotopic (exact) mass is 217 g/mol. The van der Waals surface area contributed by atoms with Crippen molar-refractivity contribution in [2.45, 2.75) is 12.5 Å². The van der Waals surface area contributed by atoms with Crippen molar-refractivity contribution >= 4 is 22.6 Å². The average Bonchev–Trinajstić information content (AvgIpc) is 2.83. The zero-order valence-electron chi connectivity index (χ0n) is 8.55. The highest BCUT2D eigenvalue weighted by molar-refractivity contribution is 5.97. The molecule has 0 saturated carbocycles. The van der Waals surface area contributed by atoms with Crippen LogP contribution in [0.25, 0.3) is 11.0 Å². The molecule has 6 nitrogen and oxygen atoms in total. The third-order valence-electron chi connectivity index (χ3n) is 2.77. The number of hydrogen-bond donors (Lipinski definition) is 2. The van der Waals surface area contributed by atoms with Crippen molar-refractivity contribution in [3.05, 3.63) is 18.2 Å². The quantitative estimate of drug-likeness (QED) is 0.705. The first-order chi connectivity index (χ1) is 7.74. The summed E-state index contributed by atoms with van der Waals surface area (Å²) in [6.07, 6.45) is 0.414. The maximum atomic E-state index is 11.7. The van der Waals surface area contributed by atoms with E-state index in [2.05, 4.69) is 15.4 Å². The maximum absolute atomic E-state index is 11.7. The number of carbonyl (C=O) groups is 1. The fourth-order valence-electron chi connectivity index (χ4n) is 1.98. The summed E-state index contributed by atoms with van der Waals surface area (Å²) in [6, 6.07) is 5.47. The summed E-state index contributed by atoms with van der Waals surface area (Å²) >= 11 is 0. The fourth-order valence-corrected chi connectivity index (χ4v) is 1.98. The molecule has 6 heteroatoms. The maximum Gasteiger partial charge on any atom is 0.228 e. The van der Waals surface area contributed by atoms with E-state index in [9.17, 15) is 4.79 Å². The largest absolute Gasteiger partial charge is 0.326 e. The Balaban J connectivity index is 2.02. The van der Waals surface area contributed by atoms with Crippen molar-refractivity contribution in [1.82, 2.24) is 15.4 Å². The molecule has 3 N–H and O–H groups in total. The number of hydrogen-bond acceptors (Lipinski definition) is 4. The lowest BCUT2D eigenvalue weighted by atomic mass is 10.2. The second kappa shape index (κ2) is 3.28. The summed E-state index contributed by atoms with van der Waals surface area (Å²) in [5, 5.41) is 10.5. The van der Waals surface area contributed by atoms with Crippen molar-refractivity contribution in [2.24, 2.45) is 5.73 Å². The van der Waals surface area contributed by atoms with Crippen LogP contribution in [0.2, 0.25) is 0 Å². The van der Waals surface area contributed by atoms with E-state index in [0.29, 0.717) is 13.0 Å². The number of fused-ring (bicyclic) bond motifs is 1. The number of aromatic amines is 1. The lowest BCUT2D eigenvalue weighted by molar-refractivity contribution is -0.117. The summed E-state index contributed by atoms with van der Waals surface area (Å²) in [5.41, 5.74) is 8.13. The Morgan fingerprint density at radius 1 is 1.38 bits per heavy atom. The lowest BCUT2D eigenvalue weighted by Gasteiger charge is -2.15. The SMILES string of the molecule is NC1CC(=O)N(c2ccc3n[nH]nc3c2)C1. The van der Waals surface area contributed by atoms with Crippen LogP contribution in [0.4, 0.5) is 5.69 Å². The highest BCUT2D eigenvalue weighted by Gasteiger charge is 2.28. The topological polar surface area (TPSA) is 87.9 Å². The van der Waals surface area contributed by atoms with Gasteiger partial charge in [0.15, 0.2) is 0 Å². The molecule has 0 bridgehead atoms. The molecule has 1 aromatic heterocycles. The number of nitrogens with zero attached hydrogens (tertiary/aromatic N) is 3. The number of benzene rings is 1. The van der Waals surface area contributed by atoms with Gasteiger partial charge in [0.05, 0.1) is 0 Å². The van der Waals surface area contributed by atoms with Gasteiger partial charge in [0.1, 0.15) is 11.0 Å². The fraction of sp³-hybridized carbons (Fsp3) is 0.300. The Kier molecular flexibility index (Phi) is 1.90. The van der Waals surface area contributed by atoms with E-state index < -0.39 is 0 Å². The first-order valence-corrected chi connectivity index (χ1v) is 5.10. The minimum Gasteiger partial charge on any atom is -0.326 e. The number of rotatable bonds is 1. The molecule has 0 aliphatic carbocycles. The van der Waals surface area contributed by atoms with Gasteiger partial charge in [-0.2, -0.15) is 15.4 Å². The van der Waals surface area contributed by atoms with Crippen LogP contribution in [0.15, 0.2) is 18.2 Å². The minimum absolute atomic E-state index is 0.0651. The first-order valence-electron chi connectivity index (χ1n) is 5.10. The Bertz CT molecular complexity index is 549. The van der Waals surface area contributed by atoms with Crippen LogP contribution in [-0.2, 0) is 4.79 Å². The van der Waals surface area contributed by atoms with Crippen molar-refractivity contribution in [3.8, 4) is 0 Å². The van der Waals surface area contributed by atoms with Crippen LogP contribution in [-0.4, -0.2) is 33.9 Å². The molecule has 1 atom stereocenters. The molecular formula is C10H11N5O. The zero-order valence-corrected chi connectivity index (χ0v) is 8.55. The van der Waals surface area contributed by atoms with Gasteiger partial charge in [-0.15, -0.1) is 0 Å². The second-order valence-corrected chi connectivity index (χ2v) is 3.97. The van der Waals surface area contributed by atoms with E-state index in [1.54, 1.807) is 4.90 Å². The standard InChI is InChI=1S/C10H11N5O/c11-6-3-10(16)15(5-6)7-1-2-8-9(4-7)13-14-12-8/h1-2,4,6H,3,5,11H2,(H,12,13,14). The number of H-pyrrole nitrogens is 1. The number of nitrogens with two attached hydrogens (primary N) is 1. The number of anilines is 1. The van der Waals surface area contributed by atoms with Gasteiger partial charge in [0.2, 0.25) is 5.91 Å². The summed E-state index contributed by atoms with van der Waals surface area (Å²) in [5.74, 6) is 0.0651. The van der Waals surface area contributed by atoms with Crippen molar-refractivity contribution in [1.29, 1.82) is 0 Å². The van der Waals surface area contributed by atoms with Crippen molar-refractivity contribution in [3.63, 3.8) is 0 Å². The molecule has 1 unspecified atom stereocenters. The van der Waals surface area contributed by atoms with E-state index in [1.807, 2.05) is 18.2 Å². The molecule has 1 aliphatic rings. The van der Waals surface area contributed by atoms with Crippen molar-refractivity contribution < 1.29 is 4.79 Å². The van der Waals surface area contributed by atoms with Gasteiger partial charge in [-0.05, 0) is 18.2 Å². The molecule has 2 aromatic rings. The number of aromatic nitrogens is 3. The van der Waals surface area contributed by atoms with Gasteiger partial charge in [0.25, 0.3) is 0 Å². The van der Waals surface area contributed by atoms with Crippen LogP contribution in [0.1, 0.15) is 6.42 Å². The Hall–Kier alpha value is -1.95.